The third kappa shape index (κ3) is 2.02. The third-order valence-corrected chi connectivity index (χ3v) is 3.43. The van der Waals surface area contributed by atoms with Crippen LogP contribution in [-0.2, 0) is 13.6 Å². The average Bonchev–Trinajstić information content (AvgIpc) is 2.74. The van der Waals surface area contributed by atoms with Crippen LogP contribution in [0, 0.1) is 0 Å². The fourth-order valence-corrected chi connectivity index (χ4v) is 2.14. The lowest BCUT2D eigenvalue weighted by Gasteiger charge is -2.09. The van der Waals surface area contributed by atoms with Crippen molar-refractivity contribution in [1.29, 1.82) is 0 Å². The Balaban J connectivity index is 2.17. The van der Waals surface area contributed by atoms with Crippen molar-refractivity contribution in [2.75, 3.05) is 0 Å². The number of halogens is 1. The van der Waals surface area contributed by atoms with Crippen LogP contribution >= 0.6 is 11.6 Å². The van der Waals surface area contributed by atoms with Crippen LogP contribution < -0.4 is 5.56 Å². The minimum absolute atomic E-state index is 0.155. The maximum absolute atomic E-state index is 12.0. The van der Waals surface area contributed by atoms with Crippen LogP contribution in [0.4, 0.5) is 0 Å². The monoisotopic (exact) mass is 274 g/mol. The van der Waals surface area contributed by atoms with E-state index < -0.39 is 0 Å². The van der Waals surface area contributed by atoms with Gasteiger partial charge >= 0.3 is 0 Å². The van der Waals surface area contributed by atoms with Crippen LogP contribution in [-0.4, -0.2) is 19.1 Å². The highest BCUT2D eigenvalue weighted by molar-refractivity contribution is 6.29. The highest BCUT2D eigenvalue weighted by Crippen LogP contribution is 2.13. The molecule has 0 aliphatic carbocycles. The Kier molecular flexibility index (Phi) is 2.83. The van der Waals surface area contributed by atoms with E-state index in [0.29, 0.717) is 11.7 Å². The van der Waals surface area contributed by atoms with Crippen molar-refractivity contribution in [1.82, 2.24) is 19.1 Å². The molecule has 0 bridgehead atoms. The first kappa shape index (κ1) is 11.9. The second-order valence-corrected chi connectivity index (χ2v) is 4.61. The summed E-state index contributed by atoms with van der Waals surface area (Å²) in [6.07, 6.45) is 2.90. The van der Waals surface area contributed by atoms with E-state index >= 15 is 0 Å². The molecule has 6 heteroatoms. The number of para-hydroxylation sites is 2. The van der Waals surface area contributed by atoms with Gasteiger partial charge in [0.05, 0.1) is 30.0 Å². The molecule has 0 fully saturated rings. The topological polar surface area (TPSA) is 52.7 Å². The molecule has 3 aromatic rings. The molecule has 1 aromatic carbocycles. The van der Waals surface area contributed by atoms with E-state index in [0.717, 1.165) is 16.9 Å². The van der Waals surface area contributed by atoms with Gasteiger partial charge in [-0.1, -0.05) is 23.7 Å². The Hall–Kier alpha value is -2.14. The van der Waals surface area contributed by atoms with Gasteiger partial charge in [-0.05, 0) is 12.1 Å². The van der Waals surface area contributed by atoms with Gasteiger partial charge in [-0.15, -0.1) is 0 Å². The summed E-state index contributed by atoms with van der Waals surface area (Å²) in [6.45, 7) is 0.366. The molecule has 0 spiro atoms. The molecule has 0 N–H and O–H groups in total. The van der Waals surface area contributed by atoms with Crippen molar-refractivity contribution >= 4 is 22.6 Å². The predicted molar refractivity (Wildman–Crippen MR) is 73.3 cm³/mol. The summed E-state index contributed by atoms with van der Waals surface area (Å²) in [5.74, 6) is 0.725. The number of hydrogen-bond donors (Lipinski definition) is 0. The molecular weight excluding hydrogens is 264 g/mol. The highest BCUT2D eigenvalue weighted by Gasteiger charge is 2.09. The zero-order valence-electron chi connectivity index (χ0n) is 10.2. The van der Waals surface area contributed by atoms with Crippen molar-refractivity contribution in [3.05, 3.63) is 58.0 Å². The van der Waals surface area contributed by atoms with Crippen molar-refractivity contribution in [2.24, 2.45) is 7.05 Å². The molecule has 0 amide bonds. The van der Waals surface area contributed by atoms with Gasteiger partial charge in [0, 0.05) is 7.05 Å². The molecule has 2 heterocycles. The molecule has 0 atom stereocenters. The second-order valence-electron chi connectivity index (χ2n) is 4.23. The van der Waals surface area contributed by atoms with Gasteiger partial charge in [-0.25, -0.2) is 9.97 Å². The van der Waals surface area contributed by atoms with E-state index in [1.54, 1.807) is 15.3 Å². The zero-order valence-corrected chi connectivity index (χ0v) is 11.0. The van der Waals surface area contributed by atoms with E-state index in [4.69, 9.17) is 11.6 Å². The molecule has 0 aliphatic heterocycles. The number of hydrogen-bond acceptors (Lipinski definition) is 3. The quantitative estimate of drug-likeness (QED) is 0.716. The lowest BCUT2D eigenvalue weighted by atomic mass is 10.3. The number of imidazole rings is 1. The maximum Gasteiger partial charge on any atom is 0.269 e. The van der Waals surface area contributed by atoms with Gasteiger partial charge in [-0.3, -0.25) is 9.36 Å². The maximum atomic E-state index is 12.0. The molecule has 0 radical (unpaired) electrons. The number of aromatic nitrogens is 4. The van der Waals surface area contributed by atoms with E-state index in [1.807, 2.05) is 31.3 Å². The normalized spacial score (nSPS) is 11.1. The van der Waals surface area contributed by atoms with Gasteiger partial charge in [0.2, 0.25) is 0 Å². The summed E-state index contributed by atoms with van der Waals surface area (Å²) in [5, 5.41) is 0.543. The molecular formula is C13H11ClN4O. The fraction of sp³-hybridized carbons (Fsp3) is 0.154. The predicted octanol–water partition coefficient (Wildman–Crippen LogP) is 1.83. The largest absolute Gasteiger partial charge is 0.321 e. The molecule has 96 valence electrons. The first-order valence-corrected chi connectivity index (χ1v) is 6.15. The molecule has 0 unspecified atom stereocenters. The molecule has 3 rings (SSSR count). The van der Waals surface area contributed by atoms with Crippen LogP contribution in [0.3, 0.4) is 0 Å². The summed E-state index contributed by atoms with van der Waals surface area (Å²) in [5.41, 5.74) is 1.41. The standard InChI is InChI=1S/C13H11ClN4O/c1-17-11(14)6-16-12(17)8-18-10-5-3-2-4-9(10)15-7-13(18)19/h2-7H,8H2,1H3. The number of benzene rings is 1. The molecule has 0 saturated heterocycles. The van der Waals surface area contributed by atoms with Crippen LogP contribution in [0.25, 0.3) is 11.0 Å². The fourth-order valence-electron chi connectivity index (χ4n) is 1.99. The van der Waals surface area contributed by atoms with Crippen LogP contribution in [0.1, 0.15) is 5.82 Å². The molecule has 19 heavy (non-hydrogen) atoms. The van der Waals surface area contributed by atoms with E-state index in [1.165, 1.54) is 6.20 Å². The third-order valence-electron chi connectivity index (χ3n) is 3.08. The van der Waals surface area contributed by atoms with Gasteiger partial charge < -0.3 is 4.57 Å². The Morgan fingerprint density at radius 3 is 2.74 bits per heavy atom. The first-order valence-electron chi connectivity index (χ1n) is 5.77. The Morgan fingerprint density at radius 1 is 1.21 bits per heavy atom. The molecule has 0 aliphatic rings. The summed E-state index contributed by atoms with van der Waals surface area (Å²) < 4.78 is 3.39. The average molecular weight is 275 g/mol. The Labute approximate surface area is 114 Å². The van der Waals surface area contributed by atoms with Crippen LogP contribution in [0.15, 0.2) is 41.5 Å². The van der Waals surface area contributed by atoms with E-state index in [2.05, 4.69) is 9.97 Å². The van der Waals surface area contributed by atoms with Crippen LogP contribution in [0.2, 0.25) is 5.15 Å². The van der Waals surface area contributed by atoms with Crippen LogP contribution in [0.5, 0.6) is 0 Å². The van der Waals surface area contributed by atoms with Crippen molar-refractivity contribution in [3.63, 3.8) is 0 Å². The number of fused-ring (bicyclic) bond motifs is 1. The smallest absolute Gasteiger partial charge is 0.269 e. The zero-order chi connectivity index (χ0) is 13.4. The SMILES string of the molecule is Cn1c(Cl)cnc1Cn1c(=O)cnc2ccccc21. The van der Waals surface area contributed by atoms with Gasteiger partial charge in [0.15, 0.2) is 0 Å². The van der Waals surface area contributed by atoms with E-state index in [9.17, 15) is 4.79 Å². The van der Waals surface area contributed by atoms with Gasteiger partial charge in [0.1, 0.15) is 11.0 Å². The summed E-state index contributed by atoms with van der Waals surface area (Å²) >= 11 is 5.95. The van der Waals surface area contributed by atoms with Crippen molar-refractivity contribution in [2.45, 2.75) is 6.54 Å². The van der Waals surface area contributed by atoms with Crippen molar-refractivity contribution < 1.29 is 0 Å². The van der Waals surface area contributed by atoms with E-state index in [-0.39, 0.29) is 5.56 Å². The molecule has 0 saturated carbocycles. The lowest BCUT2D eigenvalue weighted by Crippen LogP contribution is -2.22. The number of rotatable bonds is 2. The van der Waals surface area contributed by atoms with Gasteiger partial charge in [0.25, 0.3) is 5.56 Å². The minimum Gasteiger partial charge on any atom is -0.321 e. The molecule has 2 aromatic heterocycles. The summed E-state index contributed by atoms with van der Waals surface area (Å²) in [4.78, 5) is 20.3. The Bertz CT molecular complexity index is 806. The lowest BCUT2D eigenvalue weighted by molar-refractivity contribution is 0.696. The highest BCUT2D eigenvalue weighted by atomic mass is 35.5. The first-order chi connectivity index (χ1) is 9.16. The summed E-state index contributed by atoms with van der Waals surface area (Å²) in [6, 6.07) is 7.51. The summed E-state index contributed by atoms with van der Waals surface area (Å²) in [7, 11) is 1.82. The minimum atomic E-state index is -0.155. The number of nitrogens with zero attached hydrogens (tertiary/aromatic N) is 4. The molecule has 5 nitrogen and oxygen atoms in total. The van der Waals surface area contributed by atoms with Gasteiger partial charge in [-0.2, -0.15) is 0 Å². The second kappa shape index (κ2) is 4.51. The van der Waals surface area contributed by atoms with Crippen molar-refractivity contribution in [3.8, 4) is 0 Å². The Morgan fingerprint density at radius 2 is 2.00 bits per heavy atom.